The molecule has 5 heteroatoms. The van der Waals surface area contributed by atoms with Gasteiger partial charge in [0.2, 0.25) is 0 Å². The SMILES string of the molecule is N#CC1(C(O)c2ccccc2OC(F)F)CCCCC1. The summed E-state index contributed by atoms with van der Waals surface area (Å²) in [6.07, 6.45) is 2.81. The van der Waals surface area contributed by atoms with Gasteiger partial charge in [0, 0.05) is 5.56 Å². The number of alkyl halides is 2. The van der Waals surface area contributed by atoms with Crippen molar-refractivity contribution in [2.24, 2.45) is 5.41 Å². The minimum Gasteiger partial charge on any atom is -0.434 e. The van der Waals surface area contributed by atoms with Crippen LogP contribution in [0.15, 0.2) is 24.3 Å². The van der Waals surface area contributed by atoms with E-state index in [2.05, 4.69) is 10.8 Å². The van der Waals surface area contributed by atoms with Crippen LogP contribution in [0.3, 0.4) is 0 Å². The molecule has 0 amide bonds. The van der Waals surface area contributed by atoms with E-state index in [0.717, 1.165) is 19.3 Å². The quantitative estimate of drug-likeness (QED) is 0.913. The van der Waals surface area contributed by atoms with Crippen molar-refractivity contribution in [2.45, 2.75) is 44.8 Å². The van der Waals surface area contributed by atoms with Crippen LogP contribution in [0.4, 0.5) is 8.78 Å². The molecule has 1 aliphatic carbocycles. The number of nitriles is 1. The molecular weight excluding hydrogens is 264 g/mol. The van der Waals surface area contributed by atoms with Gasteiger partial charge in [-0.05, 0) is 18.9 Å². The number of hydrogen-bond acceptors (Lipinski definition) is 3. The van der Waals surface area contributed by atoms with Gasteiger partial charge in [0.05, 0.1) is 11.5 Å². The third kappa shape index (κ3) is 2.91. The lowest BCUT2D eigenvalue weighted by atomic mass is 9.69. The van der Waals surface area contributed by atoms with E-state index in [0.29, 0.717) is 12.8 Å². The van der Waals surface area contributed by atoms with Crippen LogP contribution in [-0.2, 0) is 0 Å². The second-order valence-corrected chi connectivity index (χ2v) is 5.15. The van der Waals surface area contributed by atoms with Crippen molar-refractivity contribution in [3.63, 3.8) is 0 Å². The molecule has 0 bridgehead atoms. The Morgan fingerprint density at radius 1 is 1.20 bits per heavy atom. The zero-order valence-corrected chi connectivity index (χ0v) is 11.1. The molecule has 0 aliphatic heterocycles. The summed E-state index contributed by atoms with van der Waals surface area (Å²) in [5.74, 6) is -0.0600. The number of hydrogen-bond donors (Lipinski definition) is 1. The molecule has 1 fully saturated rings. The number of aliphatic hydroxyl groups is 1. The van der Waals surface area contributed by atoms with Crippen molar-refractivity contribution in [3.05, 3.63) is 29.8 Å². The molecule has 0 aromatic heterocycles. The van der Waals surface area contributed by atoms with E-state index in [-0.39, 0.29) is 11.3 Å². The molecule has 1 atom stereocenters. The molecule has 1 aromatic rings. The highest BCUT2D eigenvalue weighted by Crippen LogP contribution is 2.47. The van der Waals surface area contributed by atoms with Gasteiger partial charge in [-0.1, -0.05) is 37.5 Å². The predicted molar refractivity (Wildman–Crippen MR) is 69.2 cm³/mol. The lowest BCUT2D eigenvalue weighted by Gasteiger charge is -2.35. The van der Waals surface area contributed by atoms with Crippen molar-refractivity contribution in [1.29, 1.82) is 5.26 Å². The first-order valence-corrected chi connectivity index (χ1v) is 6.72. The third-order valence-electron chi connectivity index (χ3n) is 3.92. The highest BCUT2D eigenvalue weighted by Gasteiger charge is 2.41. The van der Waals surface area contributed by atoms with Crippen molar-refractivity contribution in [2.75, 3.05) is 0 Å². The monoisotopic (exact) mass is 281 g/mol. The van der Waals surface area contributed by atoms with E-state index in [4.69, 9.17) is 0 Å². The lowest BCUT2D eigenvalue weighted by Crippen LogP contribution is -2.30. The third-order valence-corrected chi connectivity index (χ3v) is 3.92. The summed E-state index contributed by atoms with van der Waals surface area (Å²) in [6.45, 7) is -2.95. The van der Waals surface area contributed by atoms with Crippen LogP contribution >= 0.6 is 0 Å². The Morgan fingerprint density at radius 3 is 2.45 bits per heavy atom. The number of ether oxygens (including phenoxy) is 1. The normalized spacial score (nSPS) is 19.4. The lowest BCUT2D eigenvalue weighted by molar-refractivity contribution is -0.0535. The molecule has 108 valence electrons. The molecule has 0 heterocycles. The summed E-state index contributed by atoms with van der Waals surface area (Å²) in [7, 11) is 0. The summed E-state index contributed by atoms with van der Waals surface area (Å²) in [4.78, 5) is 0. The summed E-state index contributed by atoms with van der Waals surface area (Å²) in [6, 6.07) is 8.34. The maximum atomic E-state index is 12.4. The van der Waals surface area contributed by atoms with Gasteiger partial charge in [0.25, 0.3) is 0 Å². The molecule has 0 spiro atoms. The smallest absolute Gasteiger partial charge is 0.387 e. The van der Waals surface area contributed by atoms with Crippen LogP contribution in [-0.4, -0.2) is 11.7 Å². The maximum Gasteiger partial charge on any atom is 0.387 e. The molecule has 1 saturated carbocycles. The first-order valence-electron chi connectivity index (χ1n) is 6.72. The topological polar surface area (TPSA) is 53.2 Å². The van der Waals surface area contributed by atoms with Crippen LogP contribution in [0.2, 0.25) is 0 Å². The molecule has 1 N–H and O–H groups in total. The fourth-order valence-corrected chi connectivity index (χ4v) is 2.84. The Labute approximate surface area is 116 Å². The van der Waals surface area contributed by atoms with Gasteiger partial charge >= 0.3 is 6.61 Å². The Hall–Kier alpha value is -1.67. The maximum absolute atomic E-state index is 12.4. The number of rotatable bonds is 4. The number of nitrogens with zero attached hydrogens (tertiary/aromatic N) is 1. The van der Waals surface area contributed by atoms with E-state index in [9.17, 15) is 19.1 Å². The summed E-state index contributed by atoms with van der Waals surface area (Å²) >= 11 is 0. The van der Waals surface area contributed by atoms with Crippen LogP contribution < -0.4 is 4.74 Å². The van der Waals surface area contributed by atoms with Gasteiger partial charge in [-0.2, -0.15) is 14.0 Å². The number of benzene rings is 1. The zero-order chi connectivity index (χ0) is 14.6. The molecule has 0 saturated heterocycles. The van der Waals surface area contributed by atoms with Crippen molar-refractivity contribution in [3.8, 4) is 11.8 Å². The zero-order valence-electron chi connectivity index (χ0n) is 11.1. The van der Waals surface area contributed by atoms with Crippen LogP contribution in [0.1, 0.15) is 43.8 Å². The molecule has 1 aromatic carbocycles. The minimum absolute atomic E-state index is 0.0600. The average Bonchev–Trinajstić information content (AvgIpc) is 2.47. The van der Waals surface area contributed by atoms with Gasteiger partial charge in [0.1, 0.15) is 11.9 Å². The van der Waals surface area contributed by atoms with E-state index >= 15 is 0 Å². The highest BCUT2D eigenvalue weighted by molar-refractivity contribution is 5.37. The van der Waals surface area contributed by atoms with Crippen LogP contribution in [0, 0.1) is 16.7 Å². The average molecular weight is 281 g/mol. The van der Waals surface area contributed by atoms with Crippen molar-refractivity contribution in [1.82, 2.24) is 0 Å². The molecule has 0 radical (unpaired) electrons. The van der Waals surface area contributed by atoms with Gasteiger partial charge in [-0.25, -0.2) is 0 Å². The molecule has 20 heavy (non-hydrogen) atoms. The van der Waals surface area contributed by atoms with Gasteiger partial charge in [0.15, 0.2) is 0 Å². The van der Waals surface area contributed by atoms with Crippen molar-refractivity contribution < 1.29 is 18.6 Å². The fourth-order valence-electron chi connectivity index (χ4n) is 2.84. The Bertz CT molecular complexity index is 493. The van der Waals surface area contributed by atoms with E-state index in [1.54, 1.807) is 12.1 Å². The Balaban J connectivity index is 2.32. The van der Waals surface area contributed by atoms with Crippen LogP contribution in [0.5, 0.6) is 5.75 Å². The van der Waals surface area contributed by atoms with Gasteiger partial charge in [-0.3, -0.25) is 0 Å². The first kappa shape index (κ1) is 14.7. The van der Waals surface area contributed by atoms with Gasteiger partial charge < -0.3 is 9.84 Å². The van der Waals surface area contributed by atoms with Gasteiger partial charge in [-0.15, -0.1) is 0 Å². The summed E-state index contributed by atoms with van der Waals surface area (Å²) < 4.78 is 29.3. The standard InChI is InChI=1S/C15H17F2NO2/c16-14(17)20-12-7-3-2-6-11(12)13(19)15(10-18)8-4-1-5-9-15/h2-3,6-7,13-14,19H,1,4-5,8-9H2. The van der Waals surface area contributed by atoms with Crippen molar-refractivity contribution >= 4 is 0 Å². The molecular formula is C15H17F2NO2. The Morgan fingerprint density at radius 2 is 1.85 bits per heavy atom. The fraction of sp³-hybridized carbons (Fsp3) is 0.533. The number of aliphatic hydroxyl groups excluding tert-OH is 1. The molecule has 2 rings (SSSR count). The summed E-state index contributed by atoms with van der Waals surface area (Å²) in [5.41, 5.74) is -0.643. The van der Waals surface area contributed by atoms with E-state index in [1.165, 1.54) is 12.1 Å². The minimum atomic E-state index is -2.95. The molecule has 1 aliphatic rings. The number of para-hydroxylation sites is 1. The molecule has 1 unspecified atom stereocenters. The predicted octanol–water partition coefficient (Wildman–Crippen LogP) is 3.80. The highest BCUT2D eigenvalue weighted by atomic mass is 19.3. The van der Waals surface area contributed by atoms with Crippen LogP contribution in [0.25, 0.3) is 0 Å². The first-order chi connectivity index (χ1) is 9.59. The number of halogens is 2. The summed E-state index contributed by atoms with van der Waals surface area (Å²) in [5, 5.41) is 20.0. The van der Waals surface area contributed by atoms with E-state index in [1.807, 2.05) is 0 Å². The second-order valence-electron chi connectivity index (χ2n) is 5.15. The molecule has 3 nitrogen and oxygen atoms in total. The van der Waals surface area contributed by atoms with E-state index < -0.39 is 18.1 Å². The largest absolute Gasteiger partial charge is 0.434 e. The Kier molecular flexibility index (Phi) is 4.56. The second kappa shape index (κ2) is 6.19.